The molecule has 304 valence electrons. The minimum atomic E-state index is -1.17. The maximum Gasteiger partial charge on any atom is 0.322 e. The van der Waals surface area contributed by atoms with E-state index in [2.05, 4.69) is 16.0 Å². The van der Waals surface area contributed by atoms with Gasteiger partial charge in [-0.1, -0.05) is 46.4 Å². The highest BCUT2D eigenvalue weighted by atomic mass is 35.5. The first-order valence-electron chi connectivity index (χ1n) is 18.1. The van der Waals surface area contributed by atoms with E-state index in [1.807, 2.05) is 13.8 Å². The topological polar surface area (TPSA) is 146 Å². The number of halogens is 6. The Hall–Kier alpha value is -4.49. The molecule has 0 atom stereocenters. The van der Waals surface area contributed by atoms with Crippen LogP contribution in [0.2, 0.25) is 20.1 Å². The number of carboxylic acids is 2. The van der Waals surface area contributed by atoms with E-state index in [9.17, 15) is 23.2 Å². The van der Waals surface area contributed by atoms with Gasteiger partial charge < -0.3 is 35.6 Å². The van der Waals surface area contributed by atoms with Gasteiger partial charge in [0.25, 0.3) is 5.91 Å². The number of ether oxygens (including phenoxy) is 2. The van der Waals surface area contributed by atoms with Crippen LogP contribution in [0.1, 0.15) is 76.7 Å². The van der Waals surface area contributed by atoms with Crippen LogP contribution in [-0.2, 0) is 29.2 Å². The molecule has 0 radical (unpaired) electrons. The lowest BCUT2D eigenvalue weighted by atomic mass is 9.92. The second-order valence-electron chi connectivity index (χ2n) is 14.0. The van der Waals surface area contributed by atoms with Gasteiger partial charge in [0.1, 0.15) is 19.8 Å². The second-order valence-corrected chi connectivity index (χ2v) is 15.6. The number of nitrogens with one attached hydrogen (secondary N) is 3. The van der Waals surface area contributed by atoms with Crippen molar-refractivity contribution in [2.24, 2.45) is 0 Å². The van der Waals surface area contributed by atoms with Crippen LogP contribution < -0.4 is 25.4 Å². The molecule has 2 aliphatic rings. The highest BCUT2D eigenvalue weighted by molar-refractivity contribution is 6.38. The predicted octanol–water partition coefficient (Wildman–Crippen LogP) is 10.4. The standard InChI is InChI=1S/C21H21Cl2FN2O4.C20H20Cl2FNO3/c1-11-5-13(19(24)17(6-11)26-14-3-2-4-14)10-30-20-15(22)7-12(8-16(20)23)21(29)25-9-18(27)28;1-11-5-13(19(23)17(6-11)24-14-3-2-4-14)10-27-20-15(21)7-12(8-16(20)22)9-18(25)26/h5-8,14,26H,2-4,9-10H2,1H3,(H,25,29)(H,27,28);5-8,14,24H,2-4,9-10H2,1H3,(H,25,26). The first-order valence-corrected chi connectivity index (χ1v) is 19.6. The van der Waals surface area contributed by atoms with Crippen molar-refractivity contribution in [2.75, 3.05) is 17.2 Å². The summed E-state index contributed by atoms with van der Waals surface area (Å²) in [5, 5.41) is 26.7. The van der Waals surface area contributed by atoms with E-state index in [0.29, 0.717) is 40.1 Å². The summed E-state index contributed by atoms with van der Waals surface area (Å²) in [4.78, 5) is 33.4. The number of carboxylic acid groups (broad SMARTS) is 2. The molecule has 0 heterocycles. The third-order valence-electron chi connectivity index (χ3n) is 9.33. The molecule has 0 saturated heterocycles. The molecule has 0 bridgehead atoms. The number of rotatable bonds is 15. The summed E-state index contributed by atoms with van der Waals surface area (Å²) in [6, 6.07) is 13.2. The molecule has 4 aromatic rings. The van der Waals surface area contributed by atoms with E-state index >= 15 is 0 Å². The maximum absolute atomic E-state index is 14.9. The monoisotopic (exact) mass is 865 g/mol. The van der Waals surface area contributed by atoms with Crippen molar-refractivity contribution in [3.63, 3.8) is 0 Å². The van der Waals surface area contributed by atoms with Gasteiger partial charge >= 0.3 is 11.9 Å². The number of carbonyl (C=O) groups is 3. The van der Waals surface area contributed by atoms with Crippen molar-refractivity contribution < 1.29 is 42.9 Å². The number of anilines is 2. The van der Waals surface area contributed by atoms with Crippen molar-refractivity contribution in [3.8, 4) is 11.5 Å². The van der Waals surface area contributed by atoms with E-state index in [-0.39, 0.29) is 68.4 Å². The minimum Gasteiger partial charge on any atom is -0.486 e. The Morgan fingerprint density at radius 3 is 1.46 bits per heavy atom. The van der Waals surface area contributed by atoms with Crippen molar-refractivity contribution in [3.05, 3.63) is 114 Å². The van der Waals surface area contributed by atoms with Crippen LogP contribution >= 0.6 is 46.4 Å². The van der Waals surface area contributed by atoms with Crippen LogP contribution in [0.3, 0.4) is 0 Å². The van der Waals surface area contributed by atoms with Crippen LogP contribution in [0, 0.1) is 25.5 Å². The minimum absolute atomic E-state index is 0.0371. The van der Waals surface area contributed by atoms with Crippen molar-refractivity contribution in [1.29, 1.82) is 0 Å². The molecule has 10 nitrogen and oxygen atoms in total. The molecule has 2 aliphatic carbocycles. The zero-order valence-corrected chi connectivity index (χ0v) is 34.1. The lowest BCUT2D eigenvalue weighted by Crippen LogP contribution is -2.29. The van der Waals surface area contributed by atoms with Crippen LogP contribution in [0.5, 0.6) is 11.5 Å². The average Bonchev–Trinajstić information content (AvgIpc) is 3.09. The van der Waals surface area contributed by atoms with Crippen LogP contribution in [0.4, 0.5) is 20.2 Å². The summed E-state index contributed by atoms with van der Waals surface area (Å²) in [6.07, 6.45) is 6.26. The Kier molecular flexibility index (Phi) is 15.1. The van der Waals surface area contributed by atoms with Gasteiger partial charge in [0.05, 0.1) is 37.9 Å². The molecule has 0 spiro atoms. The van der Waals surface area contributed by atoms with Gasteiger partial charge in [-0.2, -0.15) is 0 Å². The number of aryl methyl sites for hydroxylation is 2. The first-order chi connectivity index (χ1) is 27.1. The Morgan fingerprint density at radius 2 is 1.09 bits per heavy atom. The smallest absolute Gasteiger partial charge is 0.322 e. The molecule has 5 N–H and O–H groups in total. The molecule has 0 aromatic heterocycles. The highest BCUT2D eigenvalue weighted by Gasteiger charge is 2.22. The summed E-state index contributed by atoms with van der Waals surface area (Å²) in [5.41, 5.74) is 4.05. The van der Waals surface area contributed by atoms with Crippen LogP contribution in [-0.4, -0.2) is 46.7 Å². The summed E-state index contributed by atoms with van der Waals surface area (Å²) in [7, 11) is 0. The summed E-state index contributed by atoms with van der Waals surface area (Å²) in [5.74, 6) is -3.20. The van der Waals surface area contributed by atoms with Gasteiger partial charge in [-0.05, 0) is 118 Å². The van der Waals surface area contributed by atoms with Gasteiger partial charge in [-0.25, -0.2) is 8.78 Å². The molecule has 0 unspecified atom stereocenters. The molecule has 2 fully saturated rings. The van der Waals surface area contributed by atoms with Crippen molar-refractivity contribution in [2.45, 2.75) is 84.1 Å². The van der Waals surface area contributed by atoms with E-state index in [4.69, 9.17) is 66.1 Å². The van der Waals surface area contributed by atoms with Crippen LogP contribution in [0.15, 0.2) is 48.5 Å². The highest BCUT2D eigenvalue weighted by Crippen LogP contribution is 2.37. The Labute approximate surface area is 348 Å². The molecule has 57 heavy (non-hydrogen) atoms. The third kappa shape index (κ3) is 12.0. The Bertz CT molecular complexity index is 2100. The number of hydrogen-bond donors (Lipinski definition) is 5. The van der Waals surface area contributed by atoms with E-state index in [1.165, 1.54) is 24.3 Å². The largest absolute Gasteiger partial charge is 0.486 e. The van der Waals surface area contributed by atoms with E-state index in [1.54, 1.807) is 24.3 Å². The lowest BCUT2D eigenvalue weighted by molar-refractivity contribution is -0.137. The number of carbonyl (C=O) groups excluding carboxylic acids is 1. The zero-order chi connectivity index (χ0) is 41.4. The zero-order valence-electron chi connectivity index (χ0n) is 31.0. The molecule has 0 aliphatic heterocycles. The second kappa shape index (κ2) is 19.8. The lowest BCUT2D eigenvalue weighted by Gasteiger charge is -2.28. The van der Waals surface area contributed by atoms with Gasteiger partial charge in [-0.15, -0.1) is 0 Å². The molecule has 4 aromatic carbocycles. The molecule has 2 saturated carbocycles. The number of hydrogen-bond acceptors (Lipinski definition) is 7. The summed E-state index contributed by atoms with van der Waals surface area (Å²) < 4.78 is 41.0. The Balaban J connectivity index is 0.000000219. The van der Waals surface area contributed by atoms with Gasteiger partial charge in [0, 0.05) is 28.8 Å². The first kappa shape index (κ1) is 43.6. The van der Waals surface area contributed by atoms with Crippen molar-refractivity contribution in [1.82, 2.24) is 5.32 Å². The normalized spacial score (nSPS) is 13.7. The summed E-state index contributed by atoms with van der Waals surface area (Å²) >= 11 is 24.7. The summed E-state index contributed by atoms with van der Waals surface area (Å²) in [6.45, 7) is 3.10. The van der Waals surface area contributed by atoms with E-state index in [0.717, 1.165) is 49.7 Å². The fourth-order valence-electron chi connectivity index (χ4n) is 6.07. The molecule has 1 amide bonds. The number of benzene rings is 4. The molecular formula is C41H41Cl4F2N3O7. The van der Waals surface area contributed by atoms with E-state index < -0.39 is 24.4 Å². The Morgan fingerprint density at radius 1 is 0.667 bits per heavy atom. The maximum atomic E-state index is 14.9. The van der Waals surface area contributed by atoms with Crippen LogP contribution in [0.25, 0.3) is 0 Å². The SMILES string of the molecule is Cc1cc(COc2c(Cl)cc(C(=O)NCC(=O)O)cc2Cl)c(F)c(NC2CCC2)c1.Cc1cc(COc2c(Cl)cc(CC(=O)O)cc2Cl)c(F)c(NC2CCC2)c1. The number of amides is 1. The van der Waals surface area contributed by atoms with Gasteiger partial charge in [-0.3, -0.25) is 14.4 Å². The molecule has 16 heteroatoms. The predicted molar refractivity (Wildman–Crippen MR) is 218 cm³/mol. The average molecular weight is 868 g/mol. The fourth-order valence-corrected chi connectivity index (χ4v) is 7.30. The molecule has 6 rings (SSSR count). The van der Waals surface area contributed by atoms with Gasteiger partial charge in [0.15, 0.2) is 23.1 Å². The third-order valence-corrected chi connectivity index (χ3v) is 10.5. The fraction of sp³-hybridized carbons (Fsp3) is 0.341. The van der Waals surface area contributed by atoms with Crippen molar-refractivity contribution >= 4 is 75.6 Å². The quantitative estimate of drug-likeness (QED) is 0.0788. The number of aliphatic carboxylic acids is 2. The molecular weight excluding hydrogens is 826 g/mol. The van der Waals surface area contributed by atoms with Gasteiger partial charge in [0.2, 0.25) is 0 Å².